The first kappa shape index (κ1) is 17.2. The summed E-state index contributed by atoms with van der Waals surface area (Å²) in [7, 11) is 0. The third-order valence-electron chi connectivity index (χ3n) is 4.69. The fourth-order valence-electron chi connectivity index (χ4n) is 3.32. The second-order valence-electron chi connectivity index (χ2n) is 6.61. The number of aromatic nitrogens is 3. The standard InChI is InChI=1S/C19H20BrN5O/c1-14-4-2-5-15(12-14)13-23-8-10-24(11-9-23)19(26)17-16(20)18-21-6-3-7-25(18)22-17/h2-7,12H,8-11,13H2,1H3. The van der Waals surface area contributed by atoms with Crippen molar-refractivity contribution >= 4 is 27.5 Å². The van der Waals surface area contributed by atoms with Crippen LogP contribution in [-0.4, -0.2) is 56.5 Å². The number of nitrogens with zero attached hydrogens (tertiary/aromatic N) is 5. The first-order valence-electron chi connectivity index (χ1n) is 8.68. The number of halogens is 1. The molecule has 7 heteroatoms. The number of fused-ring (bicyclic) bond motifs is 1. The van der Waals surface area contributed by atoms with Gasteiger partial charge in [-0.2, -0.15) is 5.10 Å². The molecular weight excluding hydrogens is 394 g/mol. The Morgan fingerprint density at radius 3 is 2.73 bits per heavy atom. The molecule has 0 spiro atoms. The summed E-state index contributed by atoms with van der Waals surface area (Å²) >= 11 is 3.48. The van der Waals surface area contributed by atoms with E-state index in [4.69, 9.17) is 0 Å². The van der Waals surface area contributed by atoms with Crippen molar-refractivity contribution in [1.29, 1.82) is 0 Å². The summed E-state index contributed by atoms with van der Waals surface area (Å²) < 4.78 is 2.29. The van der Waals surface area contributed by atoms with Crippen molar-refractivity contribution in [3.63, 3.8) is 0 Å². The van der Waals surface area contributed by atoms with E-state index < -0.39 is 0 Å². The van der Waals surface area contributed by atoms with Gasteiger partial charge in [0.25, 0.3) is 5.91 Å². The Hall–Kier alpha value is -2.25. The molecule has 1 fully saturated rings. The Bertz CT molecular complexity index is 946. The van der Waals surface area contributed by atoms with E-state index in [0.717, 1.165) is 19.6 Å². The zero-order valence-electron chi connectivity index (χ0n) is 14.6. The molecular formula is C19H20BrN5O. The van der Waals surface area contributed by atoms with Crippen LogP contribution in [0.2, 0.25) is 0 Å². The Morgan fingerprint density at radius 1 is 1.19 bits per heavy atom. The van der Waals surface area contributed by atoms with Crippen molar-refractivity contribution in [3.05, 3.63) is 64.0 Å². The molecule has 1 saturated heterocycles. The Kier molecular flexibility index (Phi) is 4.74. The van der Waals surface area contributed by atoms with Crippen LogP contribution in [0.1, 0.15) is 21.6 Å². The van der Waals surface area contributed by atoms with Crippen molar-refractivity contribution in [2.24, 2.45) is 0 Å². The molecule has 0 radical (unpaired) electrons. The van der Waals surface area contributed by atoms with E-state index in [9.17, 15) is 4.79 Å². The van der Waals surface area contributed by atoms with Gasteiger partial charge in [-0.15, -0.1) is 0 Å². The molecule has 1 aliphatic rings. The van der Waals surface area contributed by atoms with Crippen LogP contribution in [-0.2, 0) is 6.54 Å². The molecule has 0 saturated carbocycles. The summed E-state index contributed by atoms with van der Waals surface area (Å²) in [5.74, 6) is -0.0439. The number of carbonyl (C=O) groups is 1. The minimum Gasteiger partial charge on any atom is -0.335 e. The highest BCUT2D eigenvalue weighted by molar-refractivity contribution is 9.10. The highest BCUT2D eigenvalue weighted by Crippen LogP contribution is 2.22. The van der Waals surface area contributed by atoms with Gasteiger partial charge in [-0.1, -0.05) is 29.8 Å². The van der Waals surface area contributed by atoms with Crippen LogP contribution in [0.3, 0.4) is 0 Å². The van der Waals surface area contributed by atoms with Crippen LogP contribution in [0.5, 0.6) is 0 Å². The van der Waals surface area contributed by atoms with Crippen LogP contribution in [0, 0.1) is 6.92 Å². The van der Waals surface area contributed by atoms with Gasteiger partial charge in [0.15, 0.2) is 11.3 Å². The molecule has 134 valence electrons. The highest BCUT2D eigenvalue weighted by Gasteiger charge is 2.26. The molecule has 0 atom stereocenters. The lowest BCUT2D eigenvalue weighted by Gasteiger charge is -2.34. The summed E-state index contributed by atoms with van der Waals surface area (Å²) in [4.78, 5) is 21.4. The molecule has 6 nitrogen and oxygen atoms in total. The molecule has 0 N–H and O–H groups in total. The van der Waals surface area contributed by atoms with Crippen LogP contribution in [0.4, 0.5) is 0 Å². The monoisotopic (exact) mass is 413 g/mol. The van der Waals surface area contributed by atoms with Gasteiger partial charge in [-0.25, -0.2) is 9.50 Å². The molecule has 3 heterocycles. The summed E-state index contributed by atoms with van der Waals surface area (Å²) in [6.07, 6.45) is 3.49. The van der Waals surface area contributed by atoms with E-state index in [1.165, 1.54) is 11.1 Å². The number of aryl methyl sites for hydroxylation is 1. The Morgan fingerprint density at radius 2 is 2.00 bits per heavy atom. The summed E-state index contributed by atoms with van der Waals surface area (Å²) in [6.45, 7) is 6.18. The van der Waals surface area contributed by atoms with E-state index in [1.54, 1.807) is 23.0 Å². The van der Waals surface area contributed by atoms with E-state index >= 15 is 0 Å². The van der Waals surface area contributed by atoms with Crippen molar-refractivity contribution in [2.75, 3.05) is 26.2 Å². The molecule has 2 aromatic heterocycles. The number of piperazine rings is 1. The quantitative estimate of drug-likeness (QED) is 0.662. The van der Waals surface area contributed by atoms with Crippen molar-refractivity contribution in [3.8, 4) is 0 Å². The third kappa shape index (κ3) is 3.37. The van der Waals surface area contributed by atoms with E-state index in [-0.39, 0.29) is 5.91 Å². The van der Waals surface area contributed by atoms with Gasteiger partial charge in [0.2, 0.25) is 0 Å². The smallest absolute Gasteiger partial charge is 0.275 e. The maximum absolute atomic E-state index is 12.9. The lowest BCUT2D eigenvalue weighted by atomic mass is 10.1. The van der Waals surface area contributed by atoms with Crippen molar-refractivity contribution in [2.45, 2.75) is 13.5 Å². The first-order chi connectivity index (χ1) is 12.6. The van der Waals surface area contributed by atoms with Crippen molar-refractivity contribution in [1.82, 2.24) is 24.4 Å². The first-order valence-corrected chi connectivity index (χ1v) is 9.47. The molecule has 1 amide bonds. The minimum absolute atomic E-state index is 0.0439. The van der Waals surface area contributed by atoms with Crippen LogP contribution >= 0.6 is 15.9 Å². The molecule has 0 aliphatic carbocycles. The summed E-state index contributed by atoms with van der Waals surface area (Å²) in [5, 5.41) is 4.39. The molecule has 0 bridgehead atoms. The number of carbonyl (C=O) groups excluding carboxylic acids is 1. The molecule has 26 heavy (non-hydrogen) atoms. The lowest BCUT2D eigenvalue weighted by Crippen LogP contribution is -2.48. The van der Waals surface area contributed by atoms with E-state index in [1.807, 2.05) is 4.90 Å². The average molecular weight is 414 g/mol. The summed E-state index contributed by atoms with van der Waals surface area (Å²) in [5.41, 5.74) is 3.69. The Balaban J connectivity index is 1.42. The molecule has 4 rings (SSSR count). The molecule has 1 aromatic carbocycles. The lowest BCUT2D eigenvalue weighted by molar-refractivity contribution is 0.0621. The maximum Gasteiger partial charge on any atom is 0.275 e. The van der Waals surface area contributed by atoms with Gasteiger partial charge in [0.05, 0.1) is 4.47 Å². The largest absolute Gasteiger partial charge is 0.335 e. The second-order valence-corrected chi connectivity index (χ2v) is 7.40. The van der Waals surface area contributed by atoms with Crippen LogP contribution in [0.25, 0.3) is 5.65 Å². The normalized spacial score (nSPS) is 15.5. The van der Waals surface area contributed by atoms with E-state index in [0.29, 0.717) is 28.9 Å². The van der Waals surface area contributed by atoms with Crippen molar-refractivity contribution < 1.29 is 4.79 Å². The second kappa shape index (κ2) is 7.17. The maximum atomic E-state index is 12.9. The number of rotatable bonds is 3. The SMILES string of the molecule is Cc1cccc(CN2CCN(C(=O)c3nn4cccnc4c3Br)CC2)c1. The highest BCUT2D eigenvalue weighted by atomic mass is 79.9. The average Bonchev–Trinajstić information content (AvgIpc) is 2.99. The predicted octanol–water partition coefficient (Wildman–Crippen LogP) is 2.76. The van der Waals surface area contributed by atoms with Gasteiger partial charge < -0.3 is 4.90 Å². The number of hydrogen-bond donors (Lipinski definition) is 0. The fraction of sp³-hybridized carbons (Fsp3) is 0.316. The Labute approximate surface area is 160 Å². The number of benzene rings is 1. The van der Waals surface area contributed by atoms with Gasteiger partial charge in [0, 0.05) is 45.1 Å². The van der Waals surface area contributed by atoms with Crippen LogP contribution in [0.15, 0.2) is 47.2 Å². The van der Waals surface area contributed by atoms with Gasteiger partial charge >= 0.3 is 0 Å². The van der Waals surface area contributed by atoms with Crippen LogP contribution < -0.4 is 0 Å². The van der Waals surface area contributed by atoms with Gasteiger partial charge in [0.1, 0.15) is 0 Å². The van der Waals surface area contributed by atoms with Gasteiger partial charge in [-0.05, 0) is 34.5 Å². The van der Waals surface area contributed by atoms with Gasteiger partial charge in [-0.3, -0.25) is 9.69 Å². The zero-order valence-corrected chi connectivity index (χ0v) is 16.2. The molecule has 0 unspecified atom stereocenters. The number of amides is 1. The molecule has 3 aromatic rings. The topological polar surface area (TPSA) is 53.7 Å². The predicted molar refractivity (Wildman–Crippen MR) is 103 cm³/mol. The zero-order chi connectivity index (χ0) is 18.1. The minimum atomic E-state index is -0.0439. The van der Waals surface area contributed by atoms with E-state index in [2.05, 4.69) is 62.1 Å². The fourth-order valence-corrected chi connectivity index (χ4v) is 3.86. The molecule has 1 aliphatic heterocycles. The number of hydrogen-bond acceptors (Lipinski definition) is 4. The third-order valence-corrected chi connectivity index (χ3v) is 5.42. The summed E-state index contributed by atoms with van der Waals surface area (Å²) in [6, 6.07) is 10.4.